The number of aliphatic carboxylic acids is 1. The van der Waals surface area contributed by atoms with Crippen LogP contribution in [0.4, 0.5) is 0 Å². The molecule has 3 N–H and O–H groups in total. The average molecular weight is 264 g/mol. The Balaban J connectivity index is 2.64. The standard InChI is InChI=1S/C14H20N2O3/c1-10(9-15-2)13(17)16-12(14(18)19)8-11-6-4-3-5-7-11/h3-7,10,12,15H,8-9H2,1-2H3,(H,16,17)(H,18,19)/t10?,12-/m1/s1. The number of carbonyl (C=O) groups excluding carboxylic acids is 1. The molecule has 0 aromatic heterocycles. The van der Waals surface area contributed by atoms with E-state index in [-0.39, 0.29) is 18.2 Å². The summed E-state index contributed by atoms with van der Waals surface area (Å²) in [6, 6.07) is 8.36. The molecule has 5 nitrogen and oxygen atoms in total. The monoisotopic (exact) mass is 264 g/mol. The van der Waals surface area contributed by atoms with Gasteiger partial charge in [-0.15, -0.1) is 0 Å². The molecular formula is C14H20N2O3. The zero-order chi connectivity index (χ0) is 14.3. The van der Waals surface area contributed by atoms with Gasteiger partial charge < -0.3 is 15.7 Å². The first kappa shape index (κ1) is 15.2. The van der Waals surface area contributed by atoms with Crippen molar-refractivity contribution < 1.29 is 14.7 Å². The van der Waals surface area contributed by atoms with Crippen LogP contribution < -0.4 is 10.6 Å². The highest BCUT2D eigenvalue weighted by atomic mass is 16.4. The Morgan fingerprint density at radius 1 is 1.26 bits per heavy atom. The van der Waals surface area contributed by atoms with E-state index < -0.39 is 12.0 Å². The summed E-state index contributed by atoms with van der Waals surface area (Å²) in [5, 5.41) is 14.6. The molecule has 5 heteroatoms. The molecule has 0 radical (unpaired) electrons. The fourth-order valence-electron chi connectivity index (χ4n) is 1.76. The van der Waals surface area contributed by atoms with Gasteiger partial charge in [-0.1, -0.05) is 37.3 Å². The van der Waals surface area contributed by atoms with E-state index in [4.69, 9.17) is 5.11 Å². The van der Waals surface area contributed by atoms with Crippen molar-refractivity contribution in [2.24, 2.45) is 5.92 Å². The van der Waals surface area contributed by atoms with Gasteiger partial charge in [-0.05, 0) is 12.6 Å². The minimum Gasteiger partial charge on any atom is -0.480 e. The second-order valence-electron chi connectivity index (χ2n) is 4.55. The maximum atomic E-state index is 11.8. The van der Waals surface area contributed by atoms with Crippen LogP contribution in [0.2, 0.25) is 0 Å². The highest BCUT2D eigenvalue weighted by Gasteiger charge is 2.22. The fourth-order valence-corrected chi connectivity index (χ4v) is 1.76. The molecule has 0 spiro atoms. The van der Waals surface area contributed by atoms with Crippen molar-refractivity contribution in [3.63, 3.8) is 0 Å². The maximum Gasteiger partial charge on any atom is 0.326 e. The molecular weight excluding hydrogens is 244 g/mol. The molecule has 2 atom stereocenters. The zero-order valence-electron chi connectivity index (χ0n) is 11.2. The molecule has 0 bridgehead atoms. The van der Waals surface area contributed by atoms with Gasteiger partial charge in [-0.3, -0.25) is 4.79 Å². The van der Waals surface area contributed by atoms with E-state index in [9.17, 15) is 9.59 Å². The minimum absolute atomic E-state index is 0.252. The van der Waals surface area contributed by atoms with Gasteiger partial charge in [0.25, 0.3) is 0 Å². The molecule has 1 unspecified atom stereocenters. The molecule has 104 valence electrons. The lowest BCUT2D eigenvalue weighted by Gasteiger charge is -2.17. The van der Waals surface area contributed by atoms with Crippen molar-refractivity contribution >= 4 is 11.9 Å². The van der Waals surface area contributed by atoms with Gasteiger partial charge in [-0.25, -0.2) is 4.79 Å². The number of carboxylic acid groups (broad SMARTS) is 1. The minimum atomic E-state index is -1.02. The van der Waals surface area contributed by atoms with Crippen LogP contribution in [0.15, 0.2) is 30.3 Å². The summed E-state index contributed by atoms with van der Waals surface area (Å²) in [5.41, 5.74) is 0.886. The molecule has 0 heterocycles. The Bertz CT molecular complexity index is 420. The normalized spacial score (nSPS) is 13.6. The van der Waals surface area contributed by atoms with E-state index in [0.717, 1.165) is 5.56 Å². The molecule has 1 amide bonds. The molecule has 1 aromatic rings. The fraction of sp³-hybridized carbons (Fsp3) is 0.429. The van der Waals surface area contributed by atoms with Crippen LogP contribution in [0.1, 0.15) is 12.5 Å². The molecule has 0 saturated heterocycles. The number of carbonyl (C=O) groups is 2. The molecule has 19 heavy (non-hydrogen) atoms. The molecule has 0 aliphatic carbocycles. The van der Waals surface area contributed by atoms with Crippen LogP contribution in [0.5, 0.6) is 0 Å². The second-order valence-corrected chi connectivity index (χ2v) is 4.55. The molecule has 1 rings (SSSR count). The number of amides is 1. The number of hydrogen-bond donors (Lipinski definition) is 3. The van der Waals surface area contributed by atoms with Gasteiger partial charge in [0.2, 0.25) is 5.91 Å². The zero-order valence-corrected chi connectivity index (χ0v) is 11.2. The predicted molar refractivity (Wildman–Crippen MR) is 72.8 cm³/mol. The van der Waals surface area contributed by atoms with Crippen LogP contribution >= 0.6 is 0 Å². The first-order chi connectivity index (χ1) is 9.04. The summed E-state index contributed by atoms with van der Waals surface area (Å²) in [4.78, 5) is 23.0. The first-order valence-electron chi connectivity index (χ1n) is 6.26. The Morgan fingerprint density at radius 3 is 2.42 bits per heavy atom. The largest absolute Gasteiger partial charge is 0.480 e. The molecule has 0 saturated carbocycles. The average Bonchev–Trinajstić information content (AvgIpc) is 2.39. The van der Waals surface area contributed by atoms with E-state index in [1.165, 1.54) is 0 Å². The summed E-state index contributed by atoms with van der Waals surface area (Å²) in [6.07, 6.45) is 0.286. The van der Waals surface area contributed by atoms with E-state index in [1.807, 2.05) is 30.3 Å². The van der Waals surface area contributed by atoms with Crippen LogP contribution in [-0.2, 0) is 16.0 Å². The Hall–Kier alpha value is -1.88. The number of hydrogen-bond acceptors (Lipinski definition) is 3. The lowest BCUT2D eigenvalue weighted by Crippen LogP contribution is -2.45. The van der Waals surface area contributed by atoms with Crippen LogP contribution in [0, 0.1) is 5.92 Å². The summed E-state index contributed by atoms with van der Waals surface area (Å²) in [5.74, 6) is -1.53. The third-order valence-corrected chi connectivity index (χ3v) is 2.86. The third-order valence-electron chi connectivity index (χ3n) is 2.86. The number of rotatable bonds is 7. The van der Waals surface area contributed by atoms with E-state index >= 15 is 0 Å². The second kappa shape index (κ2) is 7.53. The van der Waals surface area contributed by atoms with Gasteiger partial charge in [0, 0.05) is 18.9 Å². The number of nitrogens with one attached hydrogen (secondary N) is 2. The van der Waals surface area contributed by atoms with Crippen molar-refractivity contribution in [3.8, 4) is 0 Å². The molecule has 1 aromatic carbocycles. The van der Waals surface area contributed by atoms with E-state index in [1.54, 1.807) is 14.0 Å². The van der Waals surface area contributed by atoms with E-state index in [0.29, 0.717) is 6.54 Å². The van der Waals surface area contributed by atoms with Gasteiger partial charge in [0.15, 0.2) is 0 Å². The first-order valence-corrected chi connectivity index (χ1v) is 6.26. The highest BCUT2D eigenvalue weighted by molar-refractivity contribution is 5.85. The van der Waals surface area contributed by atoms with Crippen LogP contribution in [0.3, 0.4) is 0 Å². The summed E-state index contributed by atoms with van der Waals surface area (Å²) < 4.78 is 0. The van der Waals surface area contributed by atoms with Crippen molar-refractivity contribution in [2.75, 3.05) is 13.6 Å². The SMILES string of the molecule is CNCC(C)C(=O)N[C@H](Cc1ccccc1)C(=O)O. The lowest BCUT2D eigenvalue weighted by molar-refractivity contribution is -0.142. The number of benzene rings is 1. The predicted octanol–water partition coefficient (Wildman–Crippen LogP) is 0.654. The van der Waals surface area contributed by atoms with Gasteiger partial charge in [0.1, 0.15) is 6.04 Å². The highest BCUT2D eigenvalue weighted by Crippen LogP contribution is 2.04. The van der Waals surface area contributed by atoms with Crippen LogP contribution in [0.25, 0.3) is 0 Å². The summed E-state index contributed by atoms with van der Waals surface area (Å²) in [7, 11) is 1.75. The maximum absolute atomic E-state index is 11.8. The van der Waals surface area contributed by atoms with Gasteiger partial charge in [0.05, 0.1) is 0 Å². The Morgan fingerprint density at radius 2 is 1.89 bits per heavy atom. The van der Waals surface area contributed by atoms with Crippen molar-refractivity contribution in [1.82, 2.24) is 10.6 Å². The summed E-state index contributed by atoms with van der Waals surface area (Å²) >= 11 is 0. The van der Waals surface area contributed by atoms with Crippen molar-refractivity contribution in [1.29, 1.82) is 0 Å². The van der Waals surface area contributed by atoms with Gasteiger partial charge >= 0.3 is 5.97 Å². The quantitative estimate of drug-likeness (QED) is 0.676. The van der Waals surface area contributed by atoms with Gasteiger partial charge in [-0.2, -0.15) is 0 Å². The van der Waals surface area contributed by atoms with Crippen molar-refractivity contribution in [2.45, 2.75) is 19.4 Å². The van der Waals surface area contributed by atoms with E-state index in [2.05, 4.69) is 10.6 Å². The third kappa shape index (κ3) is 5.09. The van der Waals surface area contributed by atoms with Crippen LogP contribution in [-0.4, -0.2) is 36.6 Å². The Kier molecular flexibility index (Phi) is 6.02. The number of carboxylic acids is 1. The van der Waals surface area contributed by atoms with Crippen molar-refractivity contribution in [3.05, 3.63) is 35.9 Å². The molecule has 0 aliphatic rings. The molecule has 0 fully saturated rings. The Labute approximate surface area is 113 Å². The topological polar surface area (TPSA) is 78.4 Å². The summed E-state index contributed by atoms with van der Waals surface area (Å²) in [6.45, 7) is 2.27. The lowest BCUT2D eigenvalue weighted by atomic mass is 10.0. The smallest absolute Gasteiger partial charge is 0.326 e. The molecule has 0 aliphatic heterocycles.